The minimum atomic E-state index is -0.477. The van der Waals surface area contributed by atoms with Crippen molar-refractivity contribution in [3.05, 3.63) is 0 Å². The number of hydrogen-bond acceptors (Lipinski definition) is 0. The summed E-state index contributed by atoms with van der Waals surface area (Å²) in [7, 11) is -0.897. The summed E-state index contributed by atoms with van der Waals surface area (Å²) >= 11 is 0. The summed E-state index contributed by atoms with van der Waals surface area (Å²) in [6, 6.07) is 0. The summed E-state index contributed by atoms with van der Waals surface area (Å²) in [5, 5.41) is 0. The van der Waals surface area contributed by atoms with Crippen molar-refractivity contribution in [2.24, 2.45) is 0 Å². The van der Waals surface area contributed by atoms with Gasteiger partial charge in [-0.05, 0) is 53.9 Å². The Hall–Kier alpha value is 0.860. The molecule has 0 saturated carbocycles. The van der Waals surface area contributed by atoms with E-state index in [1.165, 1.54) is 50.1 Å². The second-order valence-electron chi connectivity index (χ2n) is 6.44. The average Bonchev–Trinajstić information content (AvgIpc) is 2.51. The molecule has 0 saturated heterocycles. The third-order valence-electron chi connectivity index (χ3n) is 5.45. The predicted octanol–water partition coefficient (Wildman–Crippen LogP) is 7.34. The Balaban J connectivity index is 0. The monoisotopic (exact) mass is 336 g/mol. The fraction of sp³-hybridized carbons (Fsp3) is 1.00. The van der Waals surface area contributed by atoms with Gasteiger partial charge in [0.15, 0.2) is 0 Å². The van der Waals surface area contributed by atoms with Gasteiger partial charge < -0.3 is 0 Å². The van der Waals surface area contributed by atoms with Crippen molar-refractivity contribution in [2.75, 3.05) is 49.3 Å². The molecule has 0 fully saturated rings. The Morgan fingerprint density at radius 3 is 0.714 bits per heavy atom. The van der Waals surface area contributed by atoms with Gasteiger partial charge in [0.25, 0.3) is 0 Å². The van der Waals surface area contributed by atoms with Gasteiger partial charge in [-0.15, -0.1) is 0 Å². The predicted molar refractivity (Wildman–Crippen MR) is 112 cm³/mol. The van der Waals surface area contributed by atoms with Crippen molar-refractivity contribution in [2.45, 2.75) is 74.7 Å². The van der Waals surface area contributed by atoms with E-state index >= 15 is 0 Å². The fourth-order valence-corrected chi connectivity index (χ4v) is 10.7. The van der Waals surface area contributed by atoms with E-state index in [-0.39, 0.29) is 0 Å². The maximum Gasteiger partial charge on any atom is 0.0591 e. The minimum absolute atomic E-state index is 0.420. The molecule has 0 unspecified atom stereocenters. The Bertz CT molecular complexity index is 175. The molecule has 0 atom stereocenters. The quantitative estimate of drug-likeness (QED) is 0.346. The molecule has 0 radical (unpaired) electrons. The van der Waals surface area contributed by atoms with Crippen LogP contribution in [-0.2, 0) is 0 Å². The highest BCUT2D eigenvalue weighted by Crippen LogP contribution is 2.59. The number of hydrogen-bond donors (Lipinski definition) is 0. The summed E-state index contributed by atoms with van der Waals surface area (Å²) in [6.45, 7) is 18.8. The summed E-state index contributed by atoms with van der Waals surface area (Å²) in [5.41, 5.74) is 0. The van der Waals surface area contributed by atoms with E-state index in [4.69, 9.17) is 0 Å². The summed E-state index contributed by atoms with van der Waals surface area (Å²) in [4.78, 5) is 0. The topological polar surface area (TPSA) is 0 Å². The van der Waals surface area contributed by atoms with Crippen LogP contribution in [0.25, 0.3) is 0 Å². The molecule has 2 heteroatoms. The fourth-order valence-electron chi connectivity index (χ4n) is 3.57. The molecule has 0 aliphatic heterocycles. The van der Waals surface area contributed by atoms with Crippen LogP contribution in [0.5, 0.6) is 0 Å². The van der Waals surface area contributed by atoms with Crippen LogP contribution < -0.4 is 0 Å². The van der Waals surface area contributed by atoms with E-state index in [2.05, 4.69) is 55.4 Å². The third-order valence-corrected chi connectivity index (χ3v) is 16.3. The van der Waals surface area contributed by atoms with Crippen molar-refractivity contribution in [1.82, 2.24) is 0 Å². The van der Waals surface area contributed by atoms with E-state index in [1.807, 2.05) is 0 Å². The van der Waals surface area contributed by atoms with Crippen LogP contribution in [0.15, 0.2) is 0 Å². The van der Waals surface area contributed by atoms with Crippen LogP contribution in [0.3, 0.4) is 0 Å². The van der Waals surface area contributed by atoms with E-state index in [0.717, 1.165) is 0 Å². The van der Waals surface area contributed by atoms with E-state index in [0.29, 0.717) is 0 Å². The van der Waals surface area contributed by atoms with Gasteiger partial charge >= 0.3 is 0 Å². The lowest BCUT2D eigenvalue weighted by Crippen LogP contribution is -2.09. The second-order valence-corrected chi connectivity index (χ2v) is 16.3. The lowest BCUT2D eigenvalue weighted by Gasteiger charge is -2.25. The van der Waals surface area contributed by atoms with Gasteiger partial charge in [0, 0.05) is 14.5 Å². The van der Waals surface area contributed by atoms with Crippen LogP contribution in [0.2, 0.25) is 0 Å². The smallest absolute Gasteiger partial charge is 0.0591 e. The molecule has 0 aliphatic carbocycles. The Labute approximate surface area is 138 Å². The second kappa shape index (κ2) is 14.5. The van der Waals surface area contributed by atoms with Crippen molar-refractivity contribution in [3.63, 3.8) is 0 Å². The molecular formula is C19H46P2+2. The first-order chi connectivity index (χ1) is 9.99. The van der Waals surface area contributed by atoms with Gasteiger partial charge in [-0.1, -0.05) is 20.8 Å². The molecule has 0 heterocycles. The first-order valence-electron chi connectivity index (χ1n) is 9.69. The third kappa shape index (κ3) is 9.56. The summed E-state index contributed by atoms with van der Waals surface area (Å²) in [5.74, 6) is 0. The molecule has 0 N–H and O–H groups in total. The highest BCUT2D eigenvalue weighted by Gasteiger charge is 2.31. The van der Waals surface area contributed by atoms with Gasteiger partial charge in [-0.25, -0.2) is 0 Å². The zero-order valence-corrected chi connectivity index (χ0v) is 18.5. The molecule has 130 valence electrons. The summed E-state index contributed by atoms with van der Waals surface area (Å²) < 4.78 is 0. The first-order valence-corrected chi connectivity index (χ1v) is 14.7. The molecular weight excluding hydrogens is 290 g/mol. The van der Waals surface area contributed by atoms with Crippen molar-refractivity contribution < 1.29 is 0 Å². The maximum absolute atomic E-state index is 2.41. The molecule has 0 amide bonds. The molecule has 0 aliphatic rings. The lowest BCUT2D eigenvalue weighted by atomic mass is 10.6. The molecule has 0 spiro atoms. The van der Waals surface area contributed by atoms with Gasteiger partial charge in [0.05, 0.1) is 49.3 Å². The lowest BCUT2D eigenvalue weighted by molar-refractivity contribution is 0.989. The van der Waals surface area contributed by atoms with Crippen LogP contribution in [0, 0.1) is 0 Å². The highest BCUT2D eigenvalue weighted by atomic mass is 31.2. The van der Waals surface area contributed by atoms with Crippen LogP contribution in [0.4, 0.5) is 0 Å². The van der Waals surface area contributed by atoms with Gasteiger partial charge in [0.1, 0.15) is 0 Å². The van der Waals surface area contributed by atoms with Crippen molar-refractivity contribution in [3.8, 4) is 0 Å². The minimum Gasteiger partial charge on any atom is -0.0619 e. The molecule has 0 aromatic carbocycles. The van der Waals surface area contributed by atoms with E-state index in [9.17, 15) is 0 Å². The highest BCUT2D eigenvalue weighted by molar-refractivity contribution is 7.76. The summed E-state index contributed by atoms with van der Waals surface area (Å²) in [6.07, 6.45) is 16.2. The standard InChI is InChI=1S/C11H26P.C8H20P/c1-5-9-12(8-4,10-6-2)11-7-3;1-5-9(6-2,7-3)8-4/h5-11H2,1-4H3;5-8H2,1-4H3/q2*+1. The molecule has 0 aromatic heterocycles. The average molecular weight is 337 g/mol. The van der Waals surface area contributed by atoms with Crippen molar-refractivity contribution >= 4 is 14.5 Å². The van der Waals surface area contributed by atoms with Crippen LogP contribution in [0.1, 0.15) is 74.7 Å². The van der Waals surface area contributed by atoms with Crippen molar-refractivity contribution in [1.29, 1.82) is 0 Å². The molecule has 21 heavy (non-hydrogen) atoms. The van der Waals surface area contributed by atoms with Gasteiger partial charge in [0.2, 0.25) is 0 Å². The molecule has 0 nitrogen and oxygen atoms in total. The molecule has 0 bridgehead atoms. The largest absolute Gasteiger partial charge is 0.0619 e. The van der Waals surface area contributed by atoms with E-state index < -0.39 is 14.5 Å². The van der Waals surface area contributed by atoms with Crippen LogP contribution >= 0.6 is 14.5 Å². The molecule has 0 aromatic rings. The SMILES string of the molecule is CCC[P+](CC)(CCC)CCC.CC[P+](CC)(CC)CC. The first kappa shape index (κ1) is 24.1. The Kier molecular flexibility index (Phi) is 16.6. The Morgan fingerprint density at radius 1 is 0.381 bits per heavy atom. The number of rotatable bonds is 11. The Morgan fingerprint density at radius 2 is 0.619 bits per heavy atom. The van der Waals surface area contributed by atoms with Gasteiger partial charge in [-0.2, -0.15) is 0 Å². The maximum atomic E-state index is 2.41. The van der Waals surface area contributed by atoms with Gasteiger partial charge in [-0.3, -0.25) is 0 Å². The zero-order chi connectivity index (χ0) is 16.8. The van der Waals surface area contributed by atoms with Crippen LogP contribution in [-0.4, -0.2) is 49.3 Å². The normalized spacial score (nSPS) is 12.0. The van der Waals surface area contributed by atoms with E-state index in [1.54, 1.807) is 18.5 Å². The zero-order valence-electron chi connectivity index (χ0n) is 16.7. The molecule has 0 rings (SSSR count).